The molecule has 0 aliphatic rings. The highest BCUT2D eigenvalue weighted by Gasteiger charge is 2.38. The molecule has 8 nitrogen and oxygen atoms in total. The predicted octanol–water partition coefficient (Wildman–Crippen LogP) is 5.51. The molecule has 0 spiro atoms. The molecule has 0 bridgehead atoms. The van der Waals surface area contributed by atoms with Gasteiger partial charge < -0.3 is 14.8 Å². The van der Waals surface area contributed by atoms with Gasteiger partial charge in [-0.3, -0.25) is 4.79 Å². The highest BCUT2D eigenvalue weighted by molar-refractivity contribution is 7.91. The molecule has 2 N–H and O–H groups in total. The molecule has 0 fully saturated rings. The number of methoxy groups -OCH3 is 1. The van der Waals surface area contributed by atoms with Gasteiger partial charge in [0.25, 0.3) is 11.8 Å². The van der Waals surface area contributed by atoms with Gasteiger partial charge in [0.15, 0.2) is 5.69 Å². The lowest BCUT2D eigenvalue weighted by molar-refractivity contribution is -0.142. The Kier molecular flexibility index (Phi) is 7.06. The summed E-state index contributed by atoms with van der Waals surface area (Å²) in [6.07, 6.45) is -3.64. The minimum Gasteiger partial charge on any atom is -0.496 e. The number of aromatic nitrogens is 2. The maximum absolute atomic E-state index is 13.5. The lowest BCUT2D eigenvalue weighted by Crippen LogP contribution is -2.21. The second-order valence-corrected chi connectivity index (χ2v) is 9.95. The third kappa shape index (κ3) is 5.53. The van der Waals surface area contributed by atoms with E-state index in [-0.39, 0.29) is 16.3 Å². The van der Waals surface area contributed by atoms with Crippen LogP contribution in [0.15, 0.2) is 41.3 Å². The summed E-state index contributed by atoms with van der Waals surface area (Å²) >= 11 is 0. The Hall–Kier alpha value is -3.67. The van der Waals surface area contributed by atoms with E-state index in [1.807, 2.05) is 0 Å². The van der Waals surface area contributed by atoms with Crippen LogP contribution in [0.2, 0.25) is 0 Å². The first-order valence-corrected chi connectivity index (χ1v) is 12.1. The SMILES string of the molecule is COc1ccc(Oc2nnc(C(F)(F)F)c(C)c2C(=O)Nc2cccc(S(C)(=N)=O)c2)c(C)c1C. The van der Waals surface area contributed by atoms with Crippen LogP contribution >= 0.6 is 0 Å². The fourth-order valence-corrected chi connectivity index (χ4v) is 4.01. The molecule has 1 heterocycles. The van der Waals surface area contributed by atoms with Crippen molar-refractivity contribution in [2.24, 2.45) is 0 Å². The minimum atomic E-state index is -4.85. The van der Waals surface area contributed by atoms with Crippen LogP contribution in [-0.4, -0.2) is 33.7 Å². The van der Waals surface area contributed by atoms with Gasteiger partial charge in [-0.15, -0.1) is 10.2 Å². The van der Waals surface area contributed by atoms with Crippen LogP contribution in [0, 0.1) is 25.6 Å². The number of hydrogen-bond acceptors (Lipinski definition) is 7. The zero-order valence-corrected chi connectivity index (χ0v) is 20.4. The normalized spacial score (nSPS) is 13.1. The number of ether oxygens (including phenoxy) is 2. The lowest BCUT2D eigenvalue weighted by Gasteiger charge is -2.18. The molecular formula is C23H23F3N4O4S. The first kappa shape index (κ1) is 25.9. The molecule has 3 rings (SSSR count). The third-order valence-electron chi connectivity index (χ3n) is 5.34. The van der Waals surface area contributed by atoms with Crippen molar-refractivity contribution in [2.75, 3.05) is 18.7 Å². The van der Waals surface area contributed by atoms with Crippen molar-refractivity contribution in [3.05, 3.63) is 64.3 Å². The number of carbonyl (C=O) groups excluding carboxylic acids is 1. The van der Waals surface area contributed by atoms with E-state index < -0.39 is 44.5 Å². The number of rotatable bonds is 6. The fourth-order valence-electron chi connectivity index (χ4n) is 3.32. The molecule has 0 aliphatic heterocycles. The molecule has 3 aromatic rings. The summed E-state index contributed by atoms with van der Waals surface area (Å²) in [6.45, 7) is 4.61. The van der Waals surface area contributed by atoms with Crippen LogP contribution in [0.5, 0.6) is 17.4 Å². The van der Waals surface area contributed by atoms with E-state index in [0.29, 0.717) is 11.3 Å². The molecule has 1 aromatic heterocycles. The van der Waals surface area contributed by atoms with Crippen molar-refractivity contribution in [3.8, 4) is 17.4 Å². The predicted molar refractivity (Wildman–Crippen MR) is 124 cm³/mol. The summed E-state index contributed by atoms with van der Waals surface area (Å²) in [5.41, 5.74) is -0.748. The van der Waals surface area contributed by atoms with Gasteiger partial charge >= 0.3 is 6.18 Å². The van der Waals surface area contributed by atoms with Gasteiger partial charge in [-0.05, 0) is 67.8 Å². The Bertz CT molecular complexity index is 1410. The van der Waals surface area contributed by atoms with E-state index in [0.717, 1.165) is 12.5 Å². The summed E-state index contributed by atoms with van der Waals surface area (Å²) in [5, 5.41) is 9.31. The molecule has 0 saturated carbocycles. The first-order valence-electron chi connectivity index (χ1n) is 10.2. The Morgan fingerprint density at radius 2 is 1.66 bits per heavy atom. The van der Waals surface area contributed by atoms with Gasteiger partial charge in [0.1, 0.15) is 17.1 Å². The lowest BCUT2D eigenvalue weighted by atomic mass is 10.1. The minimum absolute atomic E-state index is 0.140. The van der Waals surface area contributed by atoms with E-state index in [9.17, 15) is 22.2 Å². The number of carbonyl (C=O) groups is 1. The zero-order chi connectivity index (χ0) is 26.1. The van der Waals surface area contributed by atoms with Crippen molar-refractivity contribution in [1.29, 1.82) is 4.78 Å². The summed E-state index contributed by atoms with van der Waals surface area (Å²) in [4.78, 5) is 13.3. The van der Waals surface area contributed by atoms with E-state index >= 15 is 0 Å². The molecule has 1 unspecified atom stereocenters. The van der Waals surface area contributed by atoms with Gasteiger partial charge in [-0.25, -0.2) is 8.99 Å². The van der Waals surface area contributed by atoms with Crippen molar-refractivity contribution >= 4 is 21.3 Å². The van der Waals surface area contributed by atoms with Crippen LogP contribution in [0.1, 0.15) is 32.7 Å². The smallest absolute Gasteiger partial charge is 0.435 e. The molecule has 2 aromatic carbocycles. The Balaban J connectivity index is 2.10. The van der Waals surface area contributed by atoms with E-state index in [1.54, 1.807) is 26.0 Å². The number of halogens is 3. The second-order valence-electron chi connectivity index (χ2n) is 7.80. The van der Waals surface area contributed by atoms with E-state index in [4.69, 9.17) is 14.3 Å². The first-order chi connectivity index (χ1) is 16.2. The number of amides is 1. The standard InChI is InChI=1S/C23H23F3N4O4S/c1-12-13(2)18(10-9-17(12)33-4)34-22-19(14(3)20(29-30-22)23(24,25)26)21(31)28-15-7-6-8-16(11-15)35(5,27)32/h6-11,27H,1-5H3,(H,28,31). The third-order valence-corrected chi connectivity index (χ3v) is 6.49. The fraction of sp³-hybridized carbons (Fsp3) is 0.261. The number of benzene rings is 2. The summed E-state index contributed by atoms with van der Waals surface area (Å²) in [6, 6.07) is 8.87. The molecule has 1 atom stereocenters. The van der Waals surface area contributed by atoms with Crippen molar-refractivity contribution < 1.29 is 31.6 Å². The molecular weight excluding hydrogens is 485 g/mol. The maximum Gasteiger partial charge on any atom is 0.435 e. The molecule has 0 aliphatic carbocycles. The van der Waals surface area contributed by atoms with E-state index in [2.05, 4.69) is 15.5 Å². The quantitative estimate of drug-likeness (QED) is 0.454. The van der Waals surface area contributed by atoms with Gasteiger partial charge in [-0.2, -0.15) is 13.2 Å². The van der Waals surface area contributed by atoms with Crippen molar-refractivity contribution in [2.45, 2.75) is 31.8 Å². The van der Waals surface area contributed by atoms with Crippen LogP contribution in [0.4, 0.5) is 18.9 Å². The van der Waals surface area contributed by atoms with Gasteiger partial charge in [0, 0.05) is 16.8 Å². The maximum atomic E-state index is 13.5. The summed E-state index contributed by atoms with van der Waals surface area (Å²) in [5.74, 6) is -0.515. The molecule has 35 heavy (non-hydrogen) atoms. The monoisotopic (exact) mass is 508 g/mol. The molecule has 0 radical (unpaired) electrons. The molecule has 12 heteroatoms. The van der Waals surface area contributed by atoms with Crippen LogP contribution in [0.3, 0.4) is 0 Å². The van der Waals surface area contributed by atoms with Crippen LogP contribution in [-0.2, 0) is 15.9 Å². The number of alkyl halides is 3. The zero-order valence-electron chi connectivity index (χ0n) is 19.5. The highest BCUT2D eigenvalue weighted by Crippen LogP contribution is 2.37. The Morgan fingerprint density at radius 1 is 1.03 bits per heavy atom. The Morgan fingerprint density at radius 3 is 2.26 bits per heavy atom. The van der Waals surface area contributed by atoms with Crippen molar-refractivity contribution in [3.63, 3.8) is 0 Å². The number of nitrogens with zero attached hydrogens (tertiary/aromatic N) is 2. The molecule has 1 amide bonds. The van der Waals surface area contributed by atoms with Gasteiger partial charge in [-0.1, -0.05) is 6.07 Å². The van der Waals surface area contributed by atoms with Crippen LogP contribution < -0.4 is 14.8 Å². The summed E-state index contributed by atoms with van der Waals surface area (Å²) in [7, 11) is -1.58. The number of hydrogen-bond donors (Lipinski definition) is 2. The number of nitrogens with one attached hydrogen (secondary N) is 2. The van der Waals surface area contributed by atoms with Crippen LogP contribution in [0.25, 0.3) is 0 Å². The van der Waals surface area contributed by atoms with Gasteiger partial charge in [0.2, 0.25) is 0 Å². The highest BCUT2D eigenvalue weighted by atomic mass is 32.2. The average Bonchev–Trinajstić information content (AvgIpc) is 2.76. The largest absolute Gasteiger partial charge is 0.496 e. The van der Waals surface area contributed by atoms with E-state index in [1.165, 1.54) is 37.6 Å². The molecule has 0 saturated heterocycles. The number of anilines is 1. The summed E-state index contributed by atoms with van der Waals surface area (Å²) < 4.78 is 71.4. The van der Waals surface area contributed by atoms with Gasteiger partial charge in [0.05, 0.1) is 16.8 Å². The van der Waals surface area contributed by atoms with Crippen molar-refractivity contribution in [1.82, 2.24) is 10.2 Å². The molecule has 186 valence electrons. The Labute approximate surface area is 200 Å². The average molecular weight is 509 g/mol. The topological polar surface area (TPSA) is 114 Å². The second kappa shape index (κ2) is 9.53.